The van der Waals surface area contributed by atoms with E-state index in [2.05, 4.69) is 36.3 Å². The Morgan fingerprint density at radius 2 is 2.10 bits per heavy atom. The Morgan fingerprint density at radius 1 is 1.40 bits per heavy atom. The monoisotopic (exact) mass is 296 g/mol. The predicted molar refractivity (Wildman–Crippen MR) is 79.3 cm³/mol. The maximum atomic E-state index is 12.5. The maximum absolute atomic E-state index is 12.5. The first kappa shape index (κ1) is 15.2. The number of nitrogens with two attached hydrogens (primary N) is 1. The third kappa shape index (κ3) is 2.94. The van der Waals surface area contributed by atoms with Crippen molar-refractivity contribution < 1.29 is 4.79 Å². The van der Waals surface area contributed by atoms with Gasteiger partial charge in [-0.15, -0.1) is 10.2 Å². The van der Waals surface area contributed by atoms with Crippen molar-refractivity contribution in [2.45, 2.75) is 39.7 Å². The fraction of sp³-hybridized carbons (Fsp3) is 0.643. The minimum Gasteiger partial charge on any atom is -0.327 e. The lowest BCUT2D eigenvalue weighted by molar-refractivity contribution is -0.127. The summed E-state index contributed by atoms with van der Waals surface area (Å²) < 4.78 is 0. The van der Waals surface area contributed by atoms with E-state index in [0.29, 0.717) is 16.9 Å². The second kappa shape index (κ2) is 5.66. The van der Waals surface area contributed by atoms with Gasteiger partial charge < -0.3 is 11.1 Å². The Labute approximate surface area is 124 Å². The van der Waals surface area contributed by atoms with E-state index in [4.69, 9.17) is 17.3 Å². The standard InChI is InChI=1S/C14H21ClN4O/c1-8-10(16)5-4-9(14(8,2)3)13(20)17-12-7-6-11(15)18-19-12/h6-10H,4-5,16H2,1-3H3,(H,17,19,20). The van der Waals surface area contributed by atoms with E-state index in [0.717, 1.165) is 12.8 Å². The van der Waals surface area contributed by atoms with Crippen LogP contribution in [0.15, 0.2) is 12.1 Å². The lowest BCUT2D eigenvalue weighted by Crippen LogP contribution is -2.50. The Morgan fingerprint density at radius 3 is 2.70 bits per heavy atom. The van der Waals surface area contributed by atoms with Crippen molar-refractivity contribution in [2.75, 3.05) is 5.32 Å². The maximum Gasteiger partial charge on any atom is 0.229 e. The number of anilines is 1. The molecule has 1 aromatic rings. The molecule has 6 heteroatoms. The first-order valence-corrected chi connectivity index (χ1v) is 7.26. The Kier molecular flexibility index (Phi) is 4.30. The molecule has 3 N–H and O–H groups in total. The van der Waals surface area contributed by atoms with Gasteiger partial charge in [-0.3, -0.25) is 4.79 Å². The minimum absolute atomic E-state index is 0.0228. The molecular weight excluding hydrogens is 276 g/mol. The highest BCUT2D eigenvalue weighted by molar-refractivity contribution is 6.29. The fourth-order valence-electron chi connectivity index (χ4n) is 2.92. The number of hydrogen-bond acceptors (Lipinski definition) is 4. The topological polar surface area (TPSA) is 80.9 Å². The van der Waals surface area contributed by atoms with Crippen molar-refractivity contribution in [2.24, 2.45) is 23.0 Å². The van der Waals surface area contributed by atoms with Crippen LogP contribution in [0.25, 0.3) is 0 Å². The number of halogens is 1. The zero-order valence-electron chi connectivity index (χ0n) is 12.1. The highest BCUT2D eigenvalue weighted by Crippen LogP contribution is 2.44. The average Bonchev–Trinajstić information content (AvgIpc) is 2.38. The van der Waals surface area contributed by atoms with Crippen LogP contribution >= 0.6 is 11.6 Å². The Bertz CT molecular complexity index is 488. The molecule has 20 heavy (non-hydrogen) atoms. The molecule has 0 aliphatic heterocycles. The van der Waals surface area contributed by atoms with E-state index in [1.807, 2.05) is 0 Å². The summed E-state index contributed by atoms with van der Waals surface area (Å²) in [5, 5.41) is 10.7. The average molecular weight is 297 g/mol. The third-order valence-electron chi connectivity index (χ3n) is 4.70. The highest BCUT2D eigenvalue weighted by atomic mass is 35.5. The van der Waals surface area contributed by atoms with Crippen LogP contribution in [0.4, 0.5) is 5.82 Å². The molecule has 0 saturated heterocycles. The van der Waals surface area contributed by atoms with Crippen LogP contribution in [-0.4, -0.2) is 22.1 Å². The van der Waals surface area contributed by atoms with Crippen LogP contribution in [0.3, 0.4) is 0 Å². The number of hydrogen-bond donors (Lipinski definition) is 2. The Balaban J connectivity index is 2.10. The summed E-state index contributed by atoms with van der Waals surface area (Å²) in [5.41, 5.74) is 5.98. The van der Waals surface area contributed by atoms with Gasteiger partial charge in [0.15, 0.2) is 11.0 Å². The van der Waals surface area contributed by atoms with E-state index in [-0.39, 0.29) is 23.3 Å². The fourth-order valence-corrected chi connectivity index (χ4v) is 3.02. The number of carbonyl (C=O) groups excluding carboxylic acids is 1. The Hall–Kier alpha value is -1.20. The van der Waals surface area contributed by atoms with Gasteiger partial charge >= 0.3 is 0 Å². The quantitative estimate of drug-likeness (QED) is 0.878. The molecule has 0 spiro atoms. The van der Waals surface area contributed by atoms with Crippen molar-refractivity contribution >= 4 is 23.3 Å². The molecule has 1 aliphatic rings. The molecule has 1 heterocycles. The normalized spacial score (nSPS) is 28.9. The molecule has 1 aliphatic carbocycles. The summed E-state index contributed by atoms with van der Waals surface area (Å²) in [6.45, 7) is 6.33. The van der Waals surface area contributed by atoms with Crippen molar-refractivity contribution in [3.8, 4) is 0 Å². The van der Waals surface area contributed by atoms with E-state index >= 15 is 0 Å². The van der Waals surface area contributed by atoms with Crippen LogP contribution in [0.1, 0.15) is 33.6 Å². The molecule has 0 bridgehead atoms. The largest absolute Gasteiger partial charge is 0.327 e. The van der Waals surface area contributed by atoms with Crippen molar-refractivity contribution in [1.82, 2.24) is 10.2 Å². The van der Waals surface area contributed by atoms with Crippen LogP contribution in [-0.2, 0) is 4.79 Å². The SMILES string of the molecule is CC1C(N)CCC(C(=O)Nc2ccc(Cl)nn2)C1(C)C. The number of nitrogens with zero attached hydrogens (tertiary/aromatic N) is 2. The van der Waals surface area contributed by atoms with Gasteiger partial charge in [0.1, 0.15) is 0 Å². The van der Waals surface area contributed by atoms with E-state index in [9.17, 15) is 4.79 Å². The number of carbonyl (C=O) groups is 1. The van der Waals surface area contributed by atoms with Gasteiger partial charge in [0.2, 0.25) is 5.91 Å². The number of rotatable bonds is 2. The molecule has 0 aromatic carbocycles. The first-order chi connectivity index (χ1) is 9.32. The first-order valence-electron chi connectivity index (χ1n) is 6.88. The minimum atomic E-state index is -0.137. The molecule has 3 unspecified atom stereocenters. The summed E-state index contributed by atoms with van der Waals surface area (Å²) in [6.07, 6.45) is 1.67. The number of amides is 1. The number of nitrogens with one attached hydrogen (secondary N) is 1. The van der Waals surface area contributed by atoms with E-state index in [1.54, 1.807) is 12.1 Å². The van der Waals surface area contributed by atoms with Crippen LogP contribution in [0, 0.1) is 17.3 Å². The molecule has 5 nitrogen and oxygen atoms in total. The molecule has 1 fully saturated rings. The van der Waals surface area contributed by atoms with Crippen LogP contribution in [0.5, 0.6) is 0 Å². The smallest absolute Gasteiger partial charge is 0.229 e. The summed E-state index contributed by atoms with van der Waals surface area (Å²) in [7, 11) is 0. The third-order valence-corrected chi connectivity index (χ3v) is 4.90. The van der Waals surface area contributed by atoms with Crippen molar-refractivity contribution in [3.63, 3.8) is 0 Å². The summed E-state index contributed by atoms with van der Waals surface area (Å²) >= 11 is 5.68. The zero-order chi connectivity index (χ0) is 14.9. The van der Waals surface area contributed by atoms with Gasteiger partial charge in [-0.1, -0.05) is 32.4 Å². The molecule has 1 amide bonds. The van der Waals surface area contributed by atoms with Crippen LogP contribution in [0.2, 0.25) is 5.15 Å². The molecule has 1 aromatic heterocycles. The van der Waals surface area contributed by atoms with Gasteiger partial charge in [-0.2, -0.15) is 0 Å². The zero-order valence-corrected chi connectivity index (χ0v) is 12.8. The van der Waals surface area contributed by atoms with Gasteiger partial charge in [0.25, 0.3) is 0 Å². The second-order valence-corrected chi connectivity index (χ2v) is 6.52. The second-order valence-electron chi connectivity index (χ2n) is 6.13. The van der Waals surface area contributed by atoms with Gasteiger partial charge in [0.05, 0.1) is 0 Å². The summed E-state index contributed by atoms with van der Waals surface area (Å²) in [6, 6.07) is 3.41. The molecule has 2 rings (SSSR count). The van der Waals surface area contributed by atoms with Crippen molar-refractivity contribution in [1.29, 1.82) is 0 Å². The molecule has 3 atom stereocenters. The van der Waals surface area contributed by atoms with Crippen molar-refractivity contribution in [3.05, 3.63) is 17.3 Å². The summed E-state index contributed by atoms with van der Waals surface area (Å²) in [4.78, 5) is 12.5. The molecule has 1 saturated carbocycles. The van der Waals surface area contributed by atoms with E-state index in [1.165, 1.54) is 0 Å². The summed E-state index contributed by atoms with van der Waals surface area (Å²) in [5.74, 6) is 0.626. The van der Waals surface area contributed by atoms with E-state index < -0.39 is 0 Å². The lowest BCUT2D eigenvalue weighted by atomic mass is 9.61. The highest BCUT2D eigenvalue weighted by Gasteiger charge is 2.45. The molecule has 0 radical (unpaired) electrons. The van der Waals surface area contributed by atoms with Gasteiger partial charge in [-0.05, 0) is 36.3 Å². The van der Waals surface area contributed by atoms with Gasteiger partial charge in [-0.25, -0.2) is 0 Å². The lowest BCUT2D eigenvalue weighted by Gasteiger charge is -2.45. The predicted octanol–water partition coefficient (Wildman–Crippen LogP) is 2.47. The molecule has 110 valence electrons. The van der Waals surface area contributed by atoms with Gasteiger partial charge in [0, 0.05) is 12.0 Å². The molecular formula is C14H21ClN4O. The van der Waals surface area contributed by atoms with Crippen LogP contribution < -0.4 is 11.1 Å². The number of aromatic nitrogens is 2.